The number of halogens is 1. The molecule has 76 valence electrons. The Hall–Kier alpha value is -1.38. The van der Waals surface area contributed by atoms with Crippen molar-refractivity contribution < 1.29 is 9.50 Å². The normalized spacial score (nSPS) is 10.1. The summed E-state index contributed by atoms with van der Waals surface area (Å²) in [6.45, 7) is 1.76. The second-order valence-corrected chi connectivity index (χ2v) is 3.42. The lowest BCUT2D eigenvalue weighted by Crippen LogP contribution is -1.92. The Labute approximate surface area is 82.9 Å². The first kappa shape index (κ1) is 10.7. The van der Waals surface area contributed by atoms with Gasteiger partial charge in [0, 0.05) is 5.71 Å². The summed E-state index contributed by atoms with van der Waals surface area (Å²) < 4.78 is 12.9. The Kier molecular flexibility index (Phi) is 3.63. The van der Waals surface area contributed by atoms with E-state index in [2.05, 4.69) is 0 Å². The van der Waals surface area contributed by atoms with Gasteiger partial charge in [-0.25, -0.2) is 4.39 Å². The van der Waals surface area contributed by atoms with E-state index >= 15 is 0 Å². The van der Waals surface area contributed by atoms with Crippen molar-refractivity contribution in [2.45, 2.75) is 26.2 Å². The largest absolute Gasteiger partial charge is 0.505 e. The van der Waals surface area contributed by atoms with E-state index in [1.165, 1.54) is 12.1 Å². The van der Waals surface area contributed by atoms with Crippen LogP contribution in [0, 0.1) is 11.2 Å². The lowest BCUT2D eigenvalue weighted by molar-refractivity contribution is 0.431. The van der Waals surface area contributed by atoms with Gasteiger partial charge in [-0.3, -0.25) is 0 Å². The van der Waals surface area contributed by atoms with Gasteiger partial charge in [-0.2, -0.15) is 0 Å². The van der Waals surface area contributed by atoms with E-state index < -0.39 is 5.82 Å². The van der Waals surface area contributed by atoms with Crippen LogP contribution in [0.2, 0.25) is 0 Å². The van der Waals surface area contributed by atoms with Crippen molar-refractivity contribution in [2.75, 3.05) is 0 Å². The molecule has 1 rings (SSSR count). The average molecular weight is 194 g/mol. The first-order chi connectivity index (χ1) is 6.59. The van der Waals surface area contributed by atoms with Gasteiger partial charge in [-0.05, 0) is 43.9 Å². The summed E-state index contributed by atoms with van der Waals surface area (Å²) in [6.07, 6.45) is 2.33. The van der Waals surface area contributed by atoms with Crippen molar-refractivity contribution in [3.05, 3.63) is 29.6 Å². The number of phenolic OH excluding ortho intramolecular Hbond substituents is 1. The summed E-state index contributed by atoms with van der Waals surface area (Å²) in [5, 5.41) is 16.2. The average Bonchev–Trinajstić information content (AvgIpc) is 2.10. The maximum Gasteiger partial charge on any atom is 0.165 e. The molecule has 2 N–H and O–H groups in total. The fourth-order valence-corrected chi connectivity index (χ4v) is 1.26. The van der Waals surface area contributed by atoms with Gasteiger partial charge in [-0.15, -0.1) is 0 Å². The molecule has 0 unspecified atom stereocenters. The highest BCUT2D eigenvalue weighted by atomic mass is 18.2. The van der Waals surface area contributed by atoms with Gasteiger partial charge in [-0.1, -0.05) is 6.07 Å². The second-order valence-electron chi connectivity index (χ2n) is 3.42. The van der Waals surface area contributed by atoms with Crippen LogP contribution < -0.4 is 0 Å². The number of benzene rings is 1. The lowest BCUT2D eigenvalue weighted by atomic mass is 10.1. The summed E-state index contributed by atoms with van der Waals surface area (Å²) in [6, 6.07) is 4.41. The van der Waals surface area contributed by atoms with Crippen LogP contribution in [0.4, 0.5) is 4.39 Å². The number of phenols is 1. The van der Waals surface area contributed by atoms with Crippen molar-refractivity contribution >= 4 is 5.71 Å². The van der Waals surface area contributed by atoms with E-state index in [1.54, 1.807) is 13.0 Å². The molecule has 1 aromatic carbocycles. The minimum atomic E-state index is -0.575. The molecule has 0 aliphatic rings. The second kappa shape index (κ2) is 4.74. The van der Waals surface area contributed by atoms with Crippen LogP contribution in [-0.4, -0.2) is 10.8 Å². The molecule has 2 nitrogen and oxygen atoms in total. The Bertz CT molecular complexity index is 336. The molecule has 0 saturated heterocycles. The first-order valence-electron chi connectivity index (χ1n) is 4.61. The third-order valence-corrected chi connectivity index (χ3v) is 2.03. The summed E-state index contributed by atoms with van der Waals surface area (Å²) in [7, 11) is 0. The van der Waals surface area contributed by atoms with Crippen LogP contribution in [0.15, 0.2) is 18.2 Å². The molecule has 0 spiro atoms. The van der Waals surface area contributed by atoms with Gasteiger partial charge in [0.25, 0.3) is 0 Å². The molecule has 0 fully saturated rings. The Morgan fingerprint density at radius 2 is 2.21 bits per heavy atom. The molecular formula is C11H14FNO. The third-order valence-electron chi connectivity index (χ3n) is 2.03. The van der Waals surface area contributed by atoms with Crippen LogP contribution in [0.5, 0.6) is 5.75 Å². The highest BCUT2D eigenvalue weighted by molar-refractivity contribution is 5.78. The maximum absolute atomic E-state index is 12.9. The van der Waals surface area contributed by atoms with Crippen molar-refractivity contribution in [1.29, 1.82) is 5.41 Å². The van der Waals surface area contributed by atoms with Crippen LogP contribution in [-0.2, 0) is 6.42 Å². The van der Waals surface area contributed by atoms with Crippen LogP contribution in [0.1, 0.15) is 25.3 Å². The SMILES string of the molecule is CC(=N)CCCc1ccc(O)c([18F])c1. The minimum absolute atomic E-state index is 0.308. The highest BCUT2D eigenvalue weighted by Gasteiger charge is 2.01. The van der Waals surface area contributed by atoms with E-state index in [0.29, 0.717) is 5.71 Å². The lowest BCUT2D eigenvalue weighted by Gasteiger charge is -2.02. The molecular weight excluding hydrogens is 180 g/mol. The number of hydrogen-bond donors (Lipinski definition) is 2. The predicted octanol–water partition coefficient (Wildman–Crippen LogP) is 2.89. The number of aromatic hydroxyl groups is 1. The van der Waals surface area contributed by atoms with Crippen LogP contribution >= 0.6 is 0 Å². The highest BCUT2D eigenvalue weighted by Crippen LogP contribution is 2.17. The summed E-state index contributed by atoms with van der Waals surface area (Å²) in [5.41, 5.74) is 1.51. The zero-order chi connectivity index (χ0) is 10.6. The number of aryl methyl sites for hydroxylation is 1. The van der Waals surface area contributed by atoms with E-state index in [0.717, 1.165) is 24.8 Å². The van der Waals surface area contributed by atoms with E-state index in [4.69, 9.17) is 10.5 Å². The van der Waals surface area contributed by atoms with Gasteiger partial charge < -0.3 is 10.5 Å². The molecule has 0 amide bonds. The van der Waals surface area contributed by atoms with Gasteiger partial charge in [0.15, 0.2) is 11.6 Å². The minimum Gasteiger partial charge on any atom is -0.505 e. The Morgan fingerprint density at radius 1 is 1.50 bits per heavy atom. The van der Waals surface area contributed by atoms with Crippen molar-refractivity contribution in [3.63, 3.8) is 0 Å². The van der Waals surface area contributed by atoms with Crippen molar-refractivity contribution in [2.24, 2.45) is 0 Å². The van der Waals surface area contributed by atoms with Crippen LogP contribution in [0.3, 0.4) is 0 Å². The number of nitrogens with one attached hydrogen (secondary N) is 1. The molecule has 0 bridgehead atoms. The quantitative estimate of drug-likeness (QED) is 0.711. The summed E-state index contributed by atoms with van der Waals surface area (Å²) in [4.78, 5) is 0. The molecule has 0 aliphatic heterocycles. The molecule has 3 heteroatoms. The molecule has 0 radical (unpaired) electrons. The standard InChI is InChI=1S/C11H14FNO/c1-8(13)3-2-4-9-5-6-11(14)10(12)7-9/h5-7,13-14H,2-4H2,1H3/i12-1. The third kappa shape index (κ3) is 3.17. The molecule has 0 saturated carbocycles. The van der Waals surface area contributed by atoms with E-state index in [-0.39, 0.29) is 5.75 Å². The molecule has 0 aliphatic carbocycles. The predicted molar refractivity (Wildman–Crippen MR) is 54.4 cm³/mol. The Balaban J connectivity index is 2.51. The first-order valence-corrected chi connectivity index (χ1v) is 4.61. The monoisotopic (exact) mass is 194 g/mol. The molecule has 0 heterocycles. The fourth-order valence-electron chi connectivity index (χ4n) is 1.26. The van der Waals surface area contributed by atoms with Gasteiger partial charge in [0.2, 0.25) is 0 Å². The summed E-state index contributed by atoms with van der Waals surface area (Å²) in [5.74, 6) is -0.883. The van der Waals surface area contributed by atoms with E-state index in [1.807, 2.05) is 0 Å². The van der Waals surface area contributed by atoms with E-state index in [9.17, 15) is 4.39 Å². The molecule has 1 aromatic rings. The van der Waals surface area contributed by atoms with Crippen LogP contribution in [0.25, 0.3) is 0 Å². The molecule has 0 atom stereocenters. The maximum atomic E-state index is 12.9. The van der Waals surface area contributed by atoms with Crippen molar-refractivity contribution in [1.82, 2.24) is 0 Å². The molecule has 0 aromatic heterocycles. The smallest absolute Gasteiger partial charge is 0.165 e. The summed E-state index contributed by atoms with van der Waals surface area (Å²) >= 11 is 0. The zero-order valence-electron chi connectivity index (χ0n) is 8.18. The zero-order valence-corrected chi connectivity index (χ0v) is 8.18. The van der Waals surface area contributed by atoms with Gasteiger partial charge in [0.05, 0.1) is 0 Å². The Morgan fingerprint density at radius 3 is 2.79 bits per heavy atom. The number of hydrogen-bond acceptors (Lipinski definition) is 2. The van der Waals surface area contributed by atoms with Crippen molar-refractivity contribution in [3.8, 4) is 5.75 Å². The van der Waals surface area contributed by atoms with Gasteiger partial charge >= 0.3 is 0 Å². The fraction of sp³-hybridized carbons (Fsp3) is 0.364. The topological polar surface area (TPSA) is 44.1 Å². The van der Waals surface area contributed by atoms with Gasteiger partial charge in [0.1, 0.15) is 0 Å². The number of rotatable bonds is 4. The molecule has 14 heavy (non-hydrogen) atoms.